The van der Waals surface area contributed by atoms with E-state index in [0.29, 0.717) is 5.82 Å². The van der Waals surface area contributed by atoms with E-state index in [9.17, 15) is 9.18 Å². The first-order chi connectivity index (χ1) is 11.0. The van der Waals surface area contributed by atoms with Gasteiger partial charge in [0.15, 0.2) is 11.6 Å². The number of aryl methyl sites for hydroxylation is 2. The van der Waals surface area contributed by atoms with Gasteiger partial charge in [-0.1, -0.05) is 19.1 Å². The van der Waals surface area contributed by atoms with Gasteiger partial charge < -0.3 is 10.1 Å². The molecular formula is C16H21FN4O2. The number of amides is 2. The number of nitrogens with zero attached hydrogens (tertiary/aromatic N) is 2. The Bertz CT molecular complexity index is 672. The van der Waals surface area contributed by atoms with E-state index in [1.807, 2.05) is 13.0 Å². The standard InChI is InChI=1S/C16H21FN4O2/c1-4-12-9-15(21(3)20-12)19-16(22)18-10-11(2)23-14-8-6-5-7-13(14)17/h5-9,11H,4,10H2,1-3H3,(H2,18,19,22)/t11-/m0/s1. The lowest BCUT2D eigenvalue weighted by molar-refractivity contribution is 0.205. The maximum Gasteiger partial charge on any atom is 0.320 e. The number of benzene rings is 1. The van der Waals surface area contributed by atoms with Crippen molar-refractivity contribution < 1.29 is 13.9 Å². The van der Waals surface area contributed by atoms with Crippen LogP contribution in [0, 0.1) is 5.82 Å². The van der Waals surface area contributed by atoms with E-state index in [2.05, 4.69) is 15.7 Å². The minimum atomic E-state index is -0.425. The SMILES string of the molecule is CCc1cc(NC(=O)NC[C@H](C)Oc2ccccc2F)n(C)n1. The molecule has 2 N–H and O–H groups in total. The van der Waals surface area contributed by atoms with E-state index in [0.717, 1.165) is 12.1 Å². The van der Waals surface area contributed by atoms with Crippen molar-refractivity contribution in [3.05, 3.63) is 41.8 Å². The number of hydrogen-bond acceptors (Lipinski definition) is 3. The van der Waals surface area contributed by atoms with Crippen LogP contribution >= 0.6 is 0 Å². The molecule has 0 unspecified atom stereocenters. The number of nitrogens with one attached hydrogen (secondary N) is 2. The number of halogens is 1. The van der Waals surface area contributed by atoms with Gasteiger partial charge in [-0.2, -0.15) is 5.10 Å². The molecule has 2 aromatic rings. The van der Waals surface area contributed by atoms with Crippen molar-refractivity contribution in [3.63, 3.8) is 0 Å². The number of anilines is 1. The molecule has 0 aliphatic heterocycles. The van der Waals surface area contributed by atoms with Gasteiger partial charge in [0.25, 0.3) is 0 Å². The van der Waals surface area contributed by atoms with Crippen LogP contribution in [-0.4, -0.2) is 28.5 Å². The average molecular weight is 320 g/mol. The van der Waals surface area contributed by atoms with Gasteiger partial charge in [-0.15, -0.1) is 0 Å². The molecule has 1 aromatic carbocycles. The normalized spacial score (nSPS) is 11.8. The second kappa shape index (κ2) is 7.62. The third-order valence-corrected chi connectivity index (χ3v) is 3.25. The van der Waals surface area contributed by atoms with Gasteiger partial charge in [0.1, 0.15) is 11.9 Å². The largest absolute Gasteiger partial charge is 0.486 e. The summed E-state index contributed by atoms with van der Waals surface area (Å²) < 4.78 is 20.5. The monoisotopic (exact) mass is 320 g/mol. The zero-order valence-corrected chi connectivity index (χ0v) is 13.5. The van der Waals surface area contributed by atoms with E-state index in [1.54, 1.807) is 36.9 Å². The van der Waals surface area contributed by atoms with Crippen LogP contribution < -0.4 is 15.4 Å². The summed E-state index contributed by atoms with van der Waals surface area (Å²) in [4.78, 5) is 11.9. The zero-order valence-electron chi connectivity index (χ0n) is 13.5. The van der Waals surface area contributed by atoms with Crippen molar-refractivity contribution in [2.24, 2.45) is 7.05 Å². The predicted octanol–water partition coefficient (Wildman–Crippen LogP) is 2.71. The molecule has 0 saturated heterocycles. The molecule has 23 heavy (non-hydrogen) atoms. The molecule has 0 spiro atoms. The quantitative estimate of drug-likeness (QED) is 0.860. The molecule has 0 radical (unpaired) electrons. The van der Waals surface area contributed by atoms with E-state index in [4.69, 9.17) is 4.74 Å². The Morgan fingerprint density at radius 2 is 2.17 bits per heavy atom. The van der Waals surface area contributed by atoms with Gasteiger partial charge in [-0.05, 0) is 25.5 Å². The molecule has 7 heteroatoms. The van der Waals surface area contributed by atoms with Gasteiger partial charge >= 0.3 is 6.03 Å². The summed E-state index contributed by atoms with van der Waals surface area (Å²) in [6.07, 6.45) is 0.431. The minimum absolute atomic E-state index is 0.168. The predicted molar refractivity (Wildman–Crippen MR) is 86.1 cm³/mol. The Hall–Kier alpha value is -2.57. The summed E-state index contributed by atoms with van der Waals surface area (Å²) in [6, 6.07) is 7.62. The Labute approximate surface area is 134 Å². The number of urea groups is 1. The van der Waals surface area contributed by atoms with Crippen LogP contribution in [0.2, 0.25) is 0 Å². The first kappa shape index (κ1) is 16.8. The number of ether oxygens (including phenoxy) is 1. The third kappa shape index (κ3) is 4.70. The summed E-state index contributed by atoms with van der Waals surface area (Å²) in [7, 11) is 1.76. The smallest absolute Gasteiger partial charge is 0.320 e. The number of para-hydroxylation sites is 1. The summed E-state index contributed by atoms with van der Waals surface area (Å²) in [5.41, 5.74) is 0.902. The number of carbonyl (C=O) groups excluding carboxylic acids is 1. The van der Waals surface area contributed by atoms with Gasteiger partial charge in [-0.25, -0.2) is 9.18 Å². The van der Waals surface area contributed by atoms with E-state index in [-0.39, 0.29) is 24.4 Å². The van der Waals surface area contributed by atoms with Crippen molar-refractivity contribution in [3.8, 4) is 5.75 Å². The number of hydrogen-bond donors (Lipinski definition) is 2. The van der Waals surface area contributed by atoms with E-state index >= 15 is 0 Å². The van der Waals surface area contributed by atoms with Crippen LogP contribution in [0.15, 0.2) is 30.3 Å². The maximum absolute atomic E-state index is 13.5. The highest BCUT2D eigenvalue weighted by atomic mass is 19.1. The lowest BCUT2D eigenvalue weighted by Crippen LogP contribution is -2.36. The molecule has 2 rings (SSSR count). The van der Waals surface area contributed by atoms with Crippen LogP contribution in [0.25, 0.3) is 0 Å². The molecular weight excluding hydrogens is 299 g/mol. The first-order valence-electron chi connectivity index (χ1n) is 7.48. The van der Waals surface area contributed by atoms with Crippen molar-refractivity contribution in [1.82, 2.24) is 15.1 Å². The minimum Gasteiger partial charge on any atom is -0.486 e. The van der Waals surface area contributed by atoms with Crippen LogP contribution in [-0.2, 0) is 13.5 Å². The highest BCUT2D eigenvalue weighted by molar-refractivity contribution is 5.88. The Morgan fingerprint density at radius 3 is 2.83 bits per heavy atom. The molecule has 1 aromatic heterocycles. The maximum atomic E-state index is 13.5. The zero-order chi connectivity index (χ0) is 16.8. The molecule has 0 aliphatic carbocycles. The van der Waals surface area contributed by atoms with Crippen molar-refractivity contribution in [2.45, 2.75) is 26.4 Å². The molecule has 0 aliphatic rings. The van der Waals surface area contributed by atoms with Crippen molar-refractivity contribution >= 4 is 11.8 Å². The second-order valence-corrected chi connectivity index (χ2v) is 5.19. The Morgan fingerprint density at radius 1 is 1.43 bits per heavy atom. The summed E-state index contributed by atoms with van der Waals surface area (Å²) in [6.45, 7) is 4.00. The van der Waals surface area contributed by atoms with Crippen molar-refractivity contribution in [2.75, 3.05) is 11.9 Å². The van der Waals surface area contributed by atoms with Crippen LogP contribution in [0.3, 0.4) is 0 Å². The number of carbonyl (C=O) groups is 1. The molecule has 0 bridgehead atoms. The van der Waals surface area contributed by atoms with E-state index < -0.39 is 5.82 Å². The molecule has 6 nitrogen and oxygen atoms in total. The summed E-state index contributed by atoms with van der Waals surface area (Å²) >= 11 is 0. The fraction of sp³-hybridized carbons (Fsp3) is 0.375. The fourth-order valence-electron chi connectivity index (χ4n) is 2.01. The second-order valence-electron chi connectivity index (χ2n) is 5.19. The molecule has 124 valence electrons. The first-order valence-corrected chi connectivity index (χ1v) is 7.48. The van der Waals surface area contributed by atoms with Crippen molar-refractivity contribution in [1.29, 1.82) is 0 Å². The molecule has 0 fully saturated rings. The number of aromatic nitrogens is 2. The fourth-order valence-corrected chi connectivity index (χ4v) is 2.01. The Balaban J connectivity index is 1.81. The Kier molecular flexibility index (Phi) is 5.56. The van der Waals surface area contributed by atoms with Gasteiger partial charge in [-0.3, -0.25) is 10.00 Å². The van der Waals surface area contributed by atoms with Crippen LogP contribution in [0.1, 0.15) is 19.5 Å². The third-order valence-electron chi connectivity index (χ3n) is 3.25. The van der Waals surface area contributed by atoms with E-state index in [1.165, 1.54) is 6.07 Å². The average Bonchev–Trinajstić information content (AvgIpc) is 2.88. The highest BCUT2D eigenvalue weighted by Crippen LogP contribution is 2.16. The lowest BCUT2D eigenvalue weighted by atomic mass is 10.3. The highest BCUT2D eigenvalue weighted by Gasteiger charge is 2.11. The van der Waals surface area contributed by atoms with Crippen LogP contribution in [0.5, 0.6) is 5.75 Å². The van der Waals surface area contributed by atoms with Gasteiger partial charge in [0.2, 0.25) is 0 Å². The number of rotatable bonds is 6. The molecule has 1 heterocycles. The van der Waals surface area contributed by atoms with Gasteiger partial charge in [0.05, 0.1) is 12.2 Å². The van der Waals surface area contributed by atoms with Gasteiger partial charge in [0, 0.05) is 13.1 Å². The molecule has 0 saturated carbocycles. The summed E-state index contributed by atoms with van der Waals surface area (Å²) in [5.74, 6) is 0.356. The summed E-state index contributed by atoms with van der Waals surface area (Å²) in [5, 5.41) is 9.65. The lowest BCUT2D eigenvalue weighted by Gasteiger charge is -2.16. The molecule has 2 amide bonds. The topological polar surface area (TPSA) is 68.2 Å². The van der Waals surface area contributed by atoms with Crippen LogP contribution in [0.4, 0.5) is 15.0 Å². The molecule has 1 atom stereocenters.